The Balaban J connectivity index is 1.49. The van der Waals surface area contributed by atoms with E-state index >= 15 is 0 Å². The van der Waals surface area contributed by atoms with Gasteiger partial charge in [0.15, 0.2) is 6.10 Å². The van der Waals surface area contributed by atoms with Crippen molar-refractivity contribution in [3.05, 3.63) is 81.9 Å². The van der Waals surface area contributed by atoms with Gasteiger partial charge in [0.2, 0.25) is 5.88 Å². The number of aryl methyl sites for hydroxylation is 1. The van der Waals surface area contributed by atoms with Crippen molar-refractivity contribution in [1.29, 1.82) is 0 Å². The van der Waals surface area contributed by atoms with Crippen LogP contribution in [0.15, 0.2) is 59.4 Å². The van der Waals surface area contributed by atoms with Crippen molar-refractivity contribution in [2.45, 2.75) is 38.7 Å². The van der Waals surface area contributed by atoms with Crippen molar-refractivity contribution in [3.8, 4) is 11.6 Å². The number of hydrogen-bond acceptors (Lipinski definition) is 4. The van der Waals surface area contributed by atoms with E-state index in [0.29, 0.717) is 5.69 Å². The molecule has 1 amide bonds. The van der Waals surface area contributed by atoms with Crippen LogP contribution in [0.1, 0.15) is 30.9 Å². The molecular weight excluding hydrogens is 385 g/mol. The second-order valence-corrected chi connectivity index (χ2v) is 7.30. The monoisotopic (exact) mass is 407 g/mol. The topological polar surface area (TPSA) is 73.2 Å². The maximum atomic E-state index is 13.2. The van der Waals surface area contributed by atoms with Gasteiger partial charge in [0.25, 0.3) is 11.5 Å². The zero-order valence-electron chi connectivity index (χ0n) is 16.6. The molecule has 0 bridgehead atoms. The van der Waals surface area contributed by atoms with Crippen LogP contribution in [-0.4, -0.2) is 21.8 Å². The fourth-order valence-electron chi connectivity index (χ4n) is 3.59. The van der Waals surface area contributed by atoms with Gasteiger partial charge in [-0.3, -0.25) is 9.59 Å². The molecule has 1 N–H and O–H groups in total. The molecule has 2 aromatic carbocycles. The van der Waals surface area contributed by atoms with E-state index in [2.05, 4.69) is 16.5 Å². The Labute approximate surface area is 173 Å². The second-order valence-electron chi connectivity index (χ2n) is 7.30. The predicted molar refractivity (Wildman–Crippen MR) is 112 cm³/mol. The Morgan fingerprint density at radius 1 is 1.10 bits per heavy atom. The molecule has 6 nitrogen and oxygen atoms in total. The number of halogens is 1. The average Bonchev–Trinajstić information content (AvgIpc) is 2.76. The van der Waals surface area contributed by atoms with Gasteiger partial charge in [0.1, 0.15) is 5.82 Å². The summed E-state index contributed by atoms with van der Waals surface area (Å²) in [7, 11) is 0. The molecule has 0 radical (unpaired) electrons. The van der Waals surface area contributed by atoms with E-state index in [1.165, 1.54) is 53.9 Å². The molecule has 3 aromatic rings. The SMILES string of the molecule is C[C@H](Oc1ccc(=O)n(-c2ccc(F)cc2)n1)C(=O)Nc1cccc2c1CCCC2. The Bertz CT molecular complexity index is 1130. The molecule has 0 fully saturated rings. The highest BCUT2D eigenvalue weighted by Gasteiger charge is 2.19. The van der Waals surface area contributed by atoms with Crippen LogP contribution in [0.3, 0.4) is 0 Å². The largest absolute Gasteiger partial charge is 0.463 e. The zero-order valence-corrected chi connectivity index (χ0v) is 16.6. The fourth-order valence-corrected chi connectivity index (χ4v) is 3.59. The number of ether oxygens (including phenoxy) is 1. The third-order valence-electron chi connectivity index (χ3n) is 5.17. The van der Waals surface area contributed by atoms with E-state index in [1.807, 2.05) is 12.1 Å². The molecule has 1 atom stereocenters. The summed E-state index contributed by atoms with van der Waals surface area (Å²) in [6.45, 7) is 1.62. The molecule has 0 spiro atoms. The highest BCUT2D eigenvalue weighted by Crippen LogP contribution is 2.28. The molecule has 0 unspecified atom stereocenters. The van der Waals surface area contributed by atoms with E-state index in [0.717, 1.165) is 29.6 Å². The van der Waals surface area contributed by atoms with Crippen LogP contribution in [-0.2, 0) is 17.6 Å². The van der Waals surface area contributed by atoms with E-state index in [1.54, 1.807) is 6.92 Å². The first-order chi connectivity index (χ1) is 14.5. The Hall–Kier alpha value is -3.48. The Kier molecular flexibility index (Phi) is 5.61. The van der Waals surface area contributed by atoms with Crippen LogP contribution in [0, 0.1) is 5.82 Å². The van der Waals surface area contributed by atoms with Gasteiger partial charge in [-0.2, -0.15) is 4.68 Å². The first-order valence-corrected chi connectivity index (χ1v) is 9.96. The van der Waals surface area contributed by atoms with Gasteiger partial charge in [-0.05, 0) is 74.1 Å². The summed E-state index contributed by atoms with van der Waals surface area (Å²) < 4.78 is 19.9. The minimum Gasteiger partial charge on any atom is -0.463 e. The smallest absolute Gasteiger partial charge is 0.271 e. The van der Waals surface area contributed by atoms with Gasteiger partial charge in [-0.1, -0.05) is 12.1 Å². The van der Waals surface area contributed by atoms with Crippen LogP contribution < -0.4 is 15.6 Å². The van der Waals surface area contributed by atoms with Crippen molar-refractivity contribution in [2.24, 2.45) is 0 Å². The number of benzene rings is 2. The van der Waals surface area contributed by atoms with E-state index in [9.17, 15) is 14.0 Å². The minimum atomic E-state index is -0.823. The van der Waals surface area contributed by atoms with Crippen LogP contribution in [0.2, 0.25) is 0 Å². The molecule has 30 heavy (non-hydrogen) atoms. The van der Waals surface area contributed by atoms with Crippen LogP contribution >= 0.6 is 0 Å². The van der Waals surface area contributed by atoms with Gasteiger partial charge in [0.05, 0.1) is 5.69 Å². The maximum Gasteiger partial charge on any atom is 0.271 e. The molecule has 1 aliphatic rings. The number of carbonyl (C=O) groups is 1. The number of fused-ring (bicyclic) bond motifs is 1. The summed E-state index contributed by atoms with van der Waals surface area (Å²) in [5, 5.41) is 7.10. The third kappa shape index (κ3) is 4.25. The van der Waals surface area contributed by atoms with Gasteiger partial charge < -0.3 is 10.1 Å². The van der Waals surface area contributed by atoms with Gasteiger partial charge in [-0.25, -0.2) is 4.39 Å². The quantitative estimate of drug-likeness (QED) is 0.701. The fraction of sp³-hybridized carbons (Fsp3) is 0.261. The van der Waals surface area contributed by atoms with Crippen molar-refractivity contribution < 1.29 is 13.9 Å². The number of amides is 1. The number of nitrogens with zero attached hydrogens (tertiary/aromatic N) is 2. The molecule has 0 saturated carbocycles. The lowest BCUT2D eigenvalue weighted by molar-refractivity contribution is -0.122. The molecule has 0 aliphatic heterocycles. The molecule has 1 aromatic heterocycles. The number of anilines is 1. The zero-order chi connectivity index (χ0) is 21.1. The van der Waals surface area contributed by atoms with Gasteiger partial charge in [-0.15, -0.1) is 5.10 Å². The number of carbonyl (C=O) groups excluding carboxylic acids is 1. The van der Waals surface area contributed by atoms with Crippen LogP contribution in [0.25, 0.3) is 5.69 Å². The summed E-state index contributed by atoms with van der Waals surface area (Å²) in [5.41, 5.74) is 3.30. The predicted octanol–water partition coefficient (Wildman–Crippen LogP) is 3.66. The van der Waals surface area contributed by atoms with E-state index in [4.69, 9.17) is 4.74 Å². The molecule has 7 heteroatoms. The number of nitrogens with one attached hydrogen (secondary N) is 1. The lowest BCUT2D eigenvalue weighted by atomic mass is 9.90. The molecule has 4 rings (SSSR count). The van der Waals surface area contributed by atoms with Crippen molar-refractivity contribution in [3.63, 3.8) is 0 Å². The molecule has 154 valence electrons. The lowest BCUT2D eigenvalue weighted by Crippen LogP contribution is -2.32. The summed E-state index contributed by atoms with van der Waals surface area (Å²) in [6.07, 6.45) is 3.43. The van der Waals surface area contributed by atoms with Gasteiger partial charge >= 0.3 is 0 Å². The van der Waals surface area contributed by atoms with Crippen molar-refractivity contribution >= 4 is 11.6 Å². The van der Waals surface area contributed by atoms with Crippen molar-refractivity contribution in [1.82, 2.24) is 9.78 Å². The Morgan fingerprint density at radius 2 is 1.87 bits per heavy atom. The summed E-state index contributed by atoms with van der Waals surface area (Å²) in [6, 6.07) is 14.0. The van der Waals surface area contributed by atoms with Crippen molar-refractivity contribution in [2.75, 3.05) is 5.32 Å². The Morgan fingerprint density at radius 3 is 2.67 bits per heavy atom. The van der Waals surface area contributed by atoms with Gasteiger partial charge in [0, 0.05) is 17.8 Å². The summed E-state index contributed by atoms with van der Waals surface area (Å²) in [4.78, 5) is 24.8. The highest BCUT2D eigenvalue weighted by atomic mass is 19.1. The number of hydrogen-bond donors (Lipinski definition) is 1. The average molecular weight is 407 g/mol. The van der Waals surface area contributed by atoms with Crippen LogP contribution in [0.5, 0.6) is 5.88 Å². The molecule has 1 aliphatic carbocycles. The lowest BCUT2D eigenvalue weighted by Gasteiger charge is -2.21. The van der Waals surface area contributed by atoms with Crippen LogP contribution in [0.4, 0.5) is 10.1 Å². The number of aromatic nitrogens is 2. The number of rotatable bonds is 5. The molecule has 1 heterocycles. The third-order valence-corrected chi connectivity index (χ3v) is 5.17. The van der Waals surface area contributed by atoms with E-state index in [-0.39, 0.29) is 17.3 Å². The standard InChI is InChI=1S/C23H22FN3O3/c1-15(23(29)25-20-8-4-6-16-5-2-3-7-19(16)20)30-21-13-14-22(28)27(26-21)18-11-9-17(24)10-12-18/h4,6,8-15H,2-3,5,7H2,1H3,(H,25,29)/t15-/m0/s1. The normalized spacial score (nSPS) is 13.9. The van der Waals surface area contributed by atoms with E-state index < -0.39 is 11.9 Å². The first-order valence-electron chi connectivity index (χ1n) is 9.96. The molecule has 0 saturated heterocycles. The molecular formula is C23H22FN3O3. The summed E-state index contributed by atoms with van der Waals surface area (Å²) >= 11 is 0. The summed E-state index contributed by atoms with van der Waals surface area (Å²) in [5.74, 6) is -0.584. The first kappa shape index (κ1) is 19.8. The highest BCUT2D eigenvalue weighted by molar-refractivity contribution is 5.95. The minimum absolute atomic E-state index is 0.122. The maximum absolute atomic E-state index is 13.2. The second kappa shape index (κ2) is 8.49.